The van der Waals surface area contributed by atoms with Gasteiger partial charge in [0, 0.05) is 38.6 Å². The summed E-state index contributed by atoms with van der Waals surface area (Å²) in [5.74, 6) is -1.30. The fourth-order valence-corrected chi connectivity index (χ4v) is 4.75. The minimum Gasteiger partial charge on any atom is -0.448 e. The number of hydrogen-bond acceptors (Lipinski definition) is 6. The first-order valence-electron chi connectivity index (χ1n) is 10.3. The molecule has 1 amide bonds. The van der Waals surface area contributed by atoms with Gasteiger partial charge >= 0.3 is 5.97 Å². The number of amides is 1. The number of aromatic nitrogens is 1. The molecule has 10 heteroatoms. The molecule has 0 N–H and O–H groups in total. The predicted molar refractivity (Wildman–Crippen MR) is 119 cm³/mol. The molecule has 2 rings (SSSR count). The number of hydrogen-bond donors (Lipinski definition) is 0. The van der Waals surface area contributed by atoms with Crippen LogP contribution in [0.3, 0.4) is 0 Å². The first-order chi connectivity index (χ1) is 15.2. The third kappa shape index (κ3) is 5.55. The van der Waals surface area contributed by atoms with Crippen LogP contribution in [0.2, 0.25) is 0 Å². The Labute approximate surface area is 188 Å². The van der Waals surface area contributed by atoms with Crippen molar-refractivity contribution in [1.29, 1.82) is 5.26 Å². The van der Waals surface area contributed by atoms with Crippen molar-refractivity contribution in [2.75, 3.05) is 24.5 Å². The zero-order valence-electron chi connectivity index (χ0n) is 18.7. The van der Waals surface area contributed by atoms with Crippen molar-refractivity contribution in [3.8, 4) is 6.07 Å². The Morgan fingerprint density at radius 2 is 1.81 bits per heavy atom. The fourth-order valence-electron chi connectivity index (χ4n) is 3.22. The van der Waals surface area contributed by atoms with E-state index < -0.39 is 28.0 Å². The SMILES string of the molecule is CCN(CC)S(=O)(=O)c1cc(C(=O)OC(C)C(=O)N(CCC#N)c2ccccc2)n(C)c1. The largest absolute Gasteiger partial charge is 0.448 e. The highest BCUT2D eigenvalue weighted by molar-refractivity contribution is 7.89. The number of para-hydroxylation sites is 1. The number of aryl methyl sites for hydroxylation is 1. The summed E-state index contributed by atoms with van der Waals surface area (Å²) in [4.78, 5) is 27.1. The third-order valence-corrected chi connectivity index (χ3v) is 6.96. The van der Waals surface area contributed by atoms with Crippen molar-refractivity contribution in [2.24, 2.45) is 7.05 Å². The van der Waals surface area contributed by atoms with E-state index in [0.717, 1.165) is 0 Å². The lowest BCUT2D eigenvalue weighted by Crippen LogP contribution is -2.40. The van der Waals surface area contributed by atoms with Crippen LogP contribution >= 0.6 is 0 Å². The van der Waals surface area contributed by atoms with Gasteiger partial charge in [0.2, 0.25) is 10.0 Å². The molecule has 0 saturated carbocycles. The number of carbonyl (C=O) groups excluding carboxylic acids is 2. The van der Waals surface area contributed by atoms with Crippen molar-refractivity contribution in [2.45, 2.75) is 38.2 Å². The van der Waals surface area contributed by atoms with Crippen LogP contribution in [-0.4, -0.2) is 54.9 Å². The molecule has 0 saturated heterocycles. The van der Waals surface area contributed by atoms with Crippen LogP contribution in [0.5, 0.6) is 0 Å². The highest BCUT2D eigenvalue weighted by Gasteiger charge is 2.29. The van der Waals surface area contributed by atoms with Crippen molar-refractivity contribution >= 4 is 27.6 Å². The zero-order valence-corrected chi connectivity index (χ0v) is 19.5. The normalized spacial score (nSPS) is 12.2. The Kier molecular flexibility index (Phi) is 8.57. The van der Waals surface area contributed by atoms with Crippen LogP contribution in [0.4, 0.5) is 5.69 Å². The second-order valence-corrected chi connectivity index (χ2v) is 8.98. The maximum absolute atomic E-state index is 13.0. The first kappa shape index (κ1) is 25.1. The van der Waals surface area contributed by atoms with Gasteiger partial charge in [0.1, 0.15) is 10.6 Å². The van der Waals surface area contributed by atoms with Gasteiger partial charge < -0.3 is 14.2 Å². The highest BCUT2D eigenvalue weighted by Crippen LogP contribution is 2.20. The molecule has 0 bridgehead atoms. The van der Waals surface area contributed by atoms with Crippen LogP contribution in [0, 0.1) is 11.3 Å². The monoisotopic (exact) mass is 460 g/mol. The number of nitriles is 1. The Morgan fingerprint density at radius 1 is 1.19 bits per heavy atom. The number of esters is 1. The van der Waals surface area contributed by atoms with Gasteiger partial charge in [-0.15, -0.1) is 0 Å². The quantitative estimate of drug-likeness (QED) is 0.504. The smallest absolute Gasteiger partial charge is 0.355 e. The van der Waals surface area contributed by atoms with E-state index in [9.17, 15) is 18.0 Å². The van der Waals surface area contributed by atoms with E-state index >= 15 is 0 Å². The maximum atomic E-state index is 13.0. The molecule has 1 atom stereocenters. The molecule has 0 fully saturated rings. The molecular formula is C22H28N4O5S. The van der Waals surface area contributed by atoms with Crippen molar-refractivity contribution in [3.63, 3.8) is 0 Å². The lowest BCUT2D eigenvalue weighted by molar-refractivity contribution is -0.126. The molecule has 0 radical (unpaired) electrons. The molecule has 1 unspecified atom stereocenters. The van der Waals surface area contributed by atoms with Gasteiger partial charge in [-0.2, -0.15) is 9.57 Å². The van der Waals surface area contributed by atoms with Crippen LogP contribution in [0.1, 0.15) is 37.7 Å². The summed E-state index contributed by atoms with van der Waals surface area (Å²) < 4.78 is 33.5. The van der Waals surface area contributed by atoms with Crippen molar-refractivity contribution in [3.05, 3.63) is 48.3 Å². The van der Waals surface area contributed by atoms with E-state index in [4.69, 9.17) is 10.00 Å². The molecule has 0 aliphatic heterocycles. The summed E-state index contributed by atoms with van der Waals surface area (Å²) in [5.41, 5.74) is 0.598. The average molecular weight is 461 g/mol. The van der Waals surface area contributed by atoms with Crippen molar-refractivity contribution in [1.82, 2.24) is 8.87 Å². The molecule has 1 aromatic heterocycles. The molecule has 9 nitrogen and oxygen atoms in total. The van der Waals surface area contributed by atoms with Gasteiger partial charge in [-0.3, -0.25) is 4.79 Å². The van der Waals surface area contributed by atoms with Gasteiger partial charge in [-0.25, -0.2) is 13.2 Å². The lowest BCUT2D eigenvalue weighted by Gasteiger charge is -2.25. The third-order valence-electron chi connectivity index (χ3n) is 4.94. The topological polar surface area (TPSA) is 113 Å². The predicted octanol–water partition coefficient (Wildman–Crippen LogP) is 2.55. The van der Waals surface area contributed by atoms with Crippen LogP contribution in [-0.2, 0) is 26.6 Å². The zero-order chi connectivity index (χ0) is 23.9. The molecule has 0 aliphatic rings. The molecule has 172 valence electrons. The number of benzene rings is 1. The number of sulfonamides is 1. The maximum Gasteiger partial charge on any atom is 0.355 e. The van der Waals surface area contributed by atoms with Gasteiger partial charge in [-0.1, -0.05) is 32.0 Å². The summed E-state index contributed by atoms with van der Waals surface area (Å²) >= 11 is 0. The van der Waals surface area contributed by atoms with Gasteiger partial charge in [-0.05, 0) is 25.1 Å². The minimum absolute atomic E-state index is 0.0127. The number of rotatable bonds is 10. The van der Waals surface area contributed by atoms with Gasteiger partial charge in [0.25, 0.3) is 5.91 Å². The molecule has 1 heterocycles. The molecule has 2 aromatic rings. The van der Waals surface area contributed by atoms with E-state index in [-0.39, 0.29) is 23.6 Å². The summed E-state index contributed by atoms with van der Waals surface area (Å²) in [5, 5.41) is 8.92. The fraction of sp³-hybridized carbons (Fsp3) is 0.409. The summed E-state index contributed by atoms with van der Waals surface area (Å²) in [6, 6.07) is 12.0. The van der Waals surface area contributed by atoms with Gasteiger partial charge in [0.05, 0.1) is 12.5 Å². The number of nitrogens with zero attached hydrogens (tertiary/aromatic N) is 4. The van der Waals surface area contributed by atoms with E-state index in [2.05, 4.69) is 0 Å². The van der Waals surface area contributed by atoms with Crippen LogP contribution < -0.4 is 4.90 Å². The molecule has 32 heavy (non-hydrogen) atoms. The number of anilines is 1. The average Bonchev–Trinajstić information content (AvgIpc) is 3.18. The number of ether oxygens (including phenoxy) is 1. The van der Waals surface area contributed by atoms with Gasteiger partial charge in [0.15, 0.2) is 6.10 Å². The Bertz CT molecular complexity index is 1090. The summed E-state index contributed by atoms with van der Waals surface area (Å²) in [7, 11) is -2.21. The lowest BCUT2D eigenvalue weighted by atomic mass is 10.2. The Hall–Kier alpha value is -3.16. The first-order valence-corrected chi connectivity index (χ1v) is 11.7. The molecular weight excluding hydrogens is 432 g/mol. The highest BCUT2D eigenvalue weighted by atomic mass is 32.2. The second-order valence-electron chi connectivity index (χ2n) is 7.04. The molecule has 1 aromatic carbocycles. The Balaban J connectivity index is 2.22. The van der Waals surface area contributed by atoms with Crippen molar-refractivity contribution < 1.29 is 22.7 Å². The molecule has 0 aliphatic carbocycles. The summed E-state index contributed by atoms with van der Waals surface area (Å²) in [6.07, 6.45) is 0.324. The van der Waals surface area contributed by atoms with E-state index in [1.54, 1.807) is 44.2 Å². The Morgan fingerprint density at radius 3 is 2.38 bits per heavy atom. The van der Waals surface area contributed by atoms with Crippen LogP contribution in [0.15, 0.2) is 47.5 Å². The number of carbonyl (C=O) groups is 2. The van der Waals surface area contributed by atoms with E-state index in [1.165, 1.54) is 40.0 Å². The van der Waals surface area contributed by atoms with E-state index in [0.29, 0.717) is 18.8 Å². The molecule has 0 spiro atoms. The standard InChI is InChI=1S/C22H28N4O5S/c1-5-25(6-2)32(29,30)19-15-20(24(4)16-19)22(28)31-17(3)21(27)26(14-10-13-23)18-11-8-7-9-12-18/h7-9,11-12,15-17H,5-6,10,14H2,1-4H3. The van der Waals surface area contributed by atoms with Crippen LogP contribution in [0.25, 0.3) is 0 Å². The second kappa shape index (κ2) is 10.9. The minimum atomic E-state index is -3.74. The van der Waals surface area contributed by atoms with E-state index in [1.807, 2.05) is 6.07 Å². The summed E-state index contributed by atoms with van der Waals surface area (Å²) in [6.45, 7) is 5.67.